The van der Waals surface area contributed by atoms with Crippen LogP contribution in [-0.4, -0.2) is 72.9 Å². The van der Waals surface area contributed by atoms with Crippen LogP contribution in [0.4, 0.5) is 0 Å². The Hall–Kier alpha value is -9.04. The lowest BCUT2D eigenvalue weighted by atomic mass is 9.80. The summed E-state index contributed by atoms with van der Waals surface area (Å²) in [5.74, 6) is 3.55. The molecule has 14 heteroatoms. The largest absolute Gasteiger partial charge is 0.494 e. The Labute approximate surface area is 565 Å². The Morgan fingerprint density at radius 1 is 0.240 bits per heavy atom. The molecule has 9 aromatic rings. The van der Waals surface area contributed by atoms with Gasteiger partial charge in [0.2, 0.25) is 0 Å². The summed E-state index contributed by atoms with van der Waals surface area (Å²) in [7, 11) is 0. The number of ether oxygens (including phenoxy) is 8. The van der Waals surface area contributed by atoms with Crippen LogP contribution in [0.5, 0.6) is 69.0 Å². The quantitative estimate of drug-likeness (QED) is 0.0156. The number of hydrogen-bond acceptors (Lipinski definition) is 12. The van der Waals surface area contributed by atoms with E-state index in [1.165, 1.54) is 9.80 Å². The number of imide groups is 2. The average molecular weight is 1300 g/mol. The SMILES string of the molecule is CCCCCCOc1ccc(Oc2cc3c4c(cc(Oc5ccc(OCCCCCC)cc5)c5c6c(Oc7ccc(OCCCCCC)cc7)cc7c8c(cc(Oc9ccc(OCCCCCC)cc9)c(c2c45)c86)C(=O)N(CCCCC)C7=O)C(=O)N(CCCCC)C3=O)cc1. The van der Waals surface area contributed by atoms with Crippen molar-refractivity contribution < 1.29 is 57.1 Å². The summed E-state index contributed by atoms with van der Waals surface area (Å²) < 4.78 is 53.9. The van der Waals surface area contributed by atoms with Crippen LogP contribution in [-0.2, 0) is 0 Å². The first-order chi connectivity index (χ1) is 47.1. The van der Waals surface area contributed by atoms with Gasteiger partial charge in [0.15, 0.2) is 0 Å². The number of amides is 4. The number of benzene rings is 9. The minimum absolute atomic E-state index is 0.189. The van der Waals surface area contributed by atoms with Gasteiger partial charge in [-0.05, 0) is 160 Å². The van der Waals surface area contributed by atoms with Crippen molar-refractivity contribution in [1.82, 2.24) is 9.80 Å². The summed E-state index contributed by atoms with van der Waals surface area (Å²) >= 11 is 0. The highest BCUT2D eigenvalue weighted by Crippen LogP contribution is 2.58. The normalized spacial score (nSPS) is 12.9. The van der Waals surface area contributed by atoms with E-state index in [1.807, 2.05) is 97.1 Å². The van der Waals surface area contributed by atoms with Crippen LogP contribution >= 0.6 is 0 Å². The molecular weight excluding hydrogens is 1200 g/mol. The van der Waals surface area contributed by atoms with Crippen molar-refractivity contribution in [2.75, 3.05) is 39.5 Å². The first kappa shape index (κ1) is 68.3. The third-order valence-corrected chi connectivity index (χ3v) is 18.3. The van der Waals surface area contributed by atoms with E-state index in [2.05, 4.69) is 41.5 Å². The van der Waals surface area contributed by atoms with Gasteiger partial charge in [0, 0.05) is 56.2 Å². The summed E-state index contributed by atoms with van der Waals surface area (Å²) in [5, 5.41) is 3.41. The predicted molar refractivity (Wildman–Crippen MR) is 382 cm³/mol. The molecule has 0 atom stereocenters. The molecule has 9 aromatic carbocycles. The van der Waals surface area contributed by atoms with Crippen molar-refractivity contribution >= 4 is 66.7 Å². The van der Waals surface area contributed by atoms with Gasteiger partial charge < -0.3 is 37.9 Å². The monoisotopic (exact) mass is 1300 g/mol. The molecule has 0 unspecified atom stereocenters. The molecule has 0 spiro atoms. The Morgan fingerprint density at radius 2 is 0.448 bits per heavy atom. The number of rotatable bonds is 40. The highest BCUT2D eigenvalue weighted by Gasteiger charge is 2.41. The summed E-state index contributed by atoms with van der Waals surface area (Å²) in [6.07, 6.45) is 21.6. The Kier molecular flexibility index (Phi) is 23.6. The summed E-state index contributed by atoms with van der Waals surface area (Å²) in [5.41, 5.74) is 0.992. The van der Waals surface area contributed by atoms with Crippen LogP contribution in [0.1, 0.15) is 224 Å². The maximum absolute atomic E-state index is 15.6. The standard InChI is InChI=1S/C82H94N2O12/c1-7-13-19-25-47-89-55-29-37-59(38-30-55)93-67-51-63-71-64(80(86)83(79(63)85)45-23-17-11-5)53-69(95-61-41-33-57(34-42-61)91-49-27-21-15-9-3)75-76-70(96-62-43-35-58(36-44-62)92-50-28-22-16-10-4)54-66-72-65(81(87)84(82(66)88)46-24-18-12-6)52-68(74(78(72)76)73(67)77(71)75)94-60-39-31-56(32-40-60)90-48-26-20-14-8-2/h29-44,51-54H,7-28,45-50H2,1-6H3. The first-order valence-electron chi connectivity index (χ1n) is 35.8. The van der Waals surface area contributed by atoms with Crippen LogP contribution in [0.2, 0.25) is 0 Å². The molecule has 504 valence electrons. The molecule has 2 aliphatic rings. The molecule has 4 amide bonds. The van der Waals surface area contributed by atoms with Crippen LogP contribution in [0.15, 0.2) is 121 Å². The van der Waals surface area contributed by atoms with Gasteiger partial charge in [-0.25, -0.2) is 0 Å². The van der Waals surface area contributed by atoms with Gasteiger partial charge in [-0.1, -0.05) is 144 Å². The Morgan fingerprint density at radius 3 is 0.667 bits per heavy atom. The topological polar surface area (TPSA) is 149 Å². The fourth-order valence-electron chi connectivity index (χ4n) is 13.2. The molecule has 0 aliphatic carbocycles. The molecule has 14 nitrogen and oxygen atoms in total. The molecule has 0 saturated carbocycles. The lowest BCUT2D eigenvalue weighted by Gasteiger charge is -2.32. The fourth-order valence-corrected chi connectivity index (χ4v) is 13.2. The van der Waals surface area contributed by atoms with Gasteiger partial charge in [-0.15, -0.1) is 0 Å². The molecule has 0 saturated heterocycles. The van der Waals surface area contributed by atoms with Crippen molar-refractivity contribution in [3.8, 4) is 69.0 Å². The van der Waals surface area contributed by atoms with Crippen molar-refractivity contribution in [2.45, 2.75) is 183 Å². The van der Waals surface area contributed by atoms with Crippen molar-refractivity contribution in [3.05, 3.63) is 144 Å². The number of nitrogens with zero attached hydrogens (tertiary/aromatic N) is 2. The number of carbonyl (C=O) groups excluding carboxylic acids is 4. The summed E-state index contributed by atoms with van der Waals surface area (Å²) in [6.45, 7) is 15.6. The lowest BCUT2D eigenvalue weighted by Crippen LogP contribution is -2.41. The van der Waals surface area contributed by atoms with Crippen LogP contribution in [0.25, 0.3) is 43.1 Å². The Balaban J connectivity index is 1.22. The Bertz CT molecular complexity index is 3610. The van der Waals surface area contributed by atoms with E-state index in [1.54, 1.807) is 24.3 Å². The molecule has 0 N–H and O–H groups in total. The molecule has 2 heterocycles. The van der Waals surface area contributed by atoms with Crippen molar-refractivity contribution in [2.24, 2.45) is 0 Å². The zero-order valence-electron chi connectivity index (χ0n) is 57.1. The third kappa shape index (κ3) is 15.4. The van der Waals surface area contributed by atoms with Crippen LogP contribution in [0, 0.1) is 0 Å². The minimum Gasteiger partial charge on any atom is -0.494 e. The van der Waals surface area contributed by atoms with E-state index in [0.717, 1.165) is 128 Å². The van der Waals surface area contributed by atoms with Crippen LogP contribution < -0.4 is 37.9 Å². The number of fused-ring (bicyclic) bond motifs is 2. The summed E-state index contributed by atoms with van der Waals surface area (Å²) in [6, 6.07) is 36.6. The number of carbonyl (C=O) groups is 4. The third-order valence-electron chi connectivity index (χ3n) is 18.3. The van der Waals surface area contributed by atoms with Crippen molar-refractivity contribution in [1.29, 1.82) is 0 Å². The molecule has 2 aliphatic heterocycles. The summed E-state index contributed by atoms with van der Waals surface area (Å²) in [4.78, 5) is 65.1. The first-order valence-corrected chi connectivity index (χ1v) is 35.8. The number of hydrogen-bond donors (Lipinski definition) is 0. The van der Waals surface area contributed by atoms with Crippen molar-refractivity contribution in [3.63, 3.8) is 0 Å². The highest BCUT2D eigenvalue weighted by atomic mass is 16.5. The predicted octanol–water partition coefficient (Wildman–Crippen LogP) is 22.3. The maximum Gasteiger partial charge on any atom is 0.261 e. The van der Waals surface area contributed by atoms with Gasteiger partial charge in [0.1, 0.15) is 69.0 Å². The van der Waals surface area contributed by atoms with E-state index < -0.39 is 23.6 Å². The zero-order chi connectivity index (χ0) is 66.9. The minimum atomic E-state index is -0.472. The molecular formula is C82H94N2O12. The fraction of sp³-hybridized carbons (Fsp3) is 0.415. The molecule has 11 rings (SSSR count). The van der Waals surface area contributed by atoms with Gasteiger partial charge >= 0.3 is 0 Å². The number of unbranched alkanes of at least 4 members (excludes halogenated alkanes) is 16. The van der Waals surface area contributed by atoms with E-state index in [0.29, 0.717) is 128 Å². The molecule has 0 fully saturated rings. The van der Waals surface area contributed by atoms with Gasteiger partial charge in [0.05, 0.1) is 48.7 Å². The van der Waals surface area contributed by atoms with Gasteiger partial charge in [-0.2, -0.15) is 0 Å². The second kappa shape index (κ2) is 33.1. The lowest BCUT2D eigenvalue weighted by molar-refractivity contribution is 0.0592. The van der Waals surface area contributed by atoms with E-state index in [9.17, 15) is 0 Å². The molecule has 96 heavy (non-hydrogen) atoms. The smallest absolute Gasteiger partial charge is 0.261 e. The van der Waals surface area contributed by atoms with Gasteiger partial charge in [-0.3, -0.25) is 29.0 Å². The second-order valence-corrected chi connectivity index (χ2v) is 25.6. The zero-order valence-corrected chi connectivity index (χ0v) is 57.1. The highest BCUT2D eigenvalue weighted by molar-refractivity contribution is 6.44. The van der Waals surface area contributed by atoms with Crippen LogP contribution in [0.3, 0.4) is 0 Å². The maximum atomic E-state index is 15.6. The van der Waals surface area contributed by atoms with E-state index >= 15 is 19.2 Å². The van der Waals surface area contributed by atoms with Gasteiger partial charge in [0.25, 0.3) is 23.6 Å². The van der Waals surface area contributed by atoms with E-state index in [-0.39, 0.29) is 58.3 Å². The average Bonchev–Trinajstić information content (AvgIpc) is 0.674. The molecule has 0 radical (unpaired) electrons. The second-order valence-electron chi connectivity index (χ2n) is 25.6. The van der Waals surface area contributed by atoms with E-state index in [4.69, 9.17) is 37.9 Å². The molecule has 0 bridgehead atoms. The molecule has 0 aromatic heterocycles.